The Balaban J connectivity index is 1.97. The smallest absolute Gasteiger partial charge is 0.248 e. The van der Waals surface area contributed by atoms with Gasteiger partial charge in [0.2, 0.25) is 5.88 Å². The van der Waals surface area contributed by atoms with Crippen LogP contribution in [0.5, 0.6) is 5.88 Å². The first-order chi connectivity index (χ1) is 7.45. The summed E-state index contributed by atoms with van der Waals surface area (Å²) >= 11 is 0. The maximum atomic E-state index is 5.07. The van der Waals surface area contributed by atoms with Crippen molar-refractivity contribution in [1.29, 1.82) is 0 Å². The predicted octanol–water partition coefficient (Wildman–Crippen LogP) is 2.49. The summed E-state index contributed by atoms with van der Waals surface area (Å²) in [4.78, 5) is 9.04. The third-order valence-electron chi connectivity index (χ3n) is 1.79. The summed E-state index contributed by atoms with van der Waals surface area (Å²) in [6.07, 6.45) is 3.31. The van der Waals surface area contributed by atoms with E-state index in [-0.39, 0.29) is 0 Å². The molecule has 3 nitrogen and oxygen atoms in total. The van der Waals surface area contributed by atoms with Crippen LogP contribution in [0.3, 0.4) is 0 Å². The molecule has 0 spiro atoms. The predicted molar refractivity (Wildman–Crippen MR) is 58.9 cm³/mol. The number of benzene rings is 1. The van der Waals surface area contributed by atoms with E-state index in [0.717, 1.165) is 5.56 Å². The van der Waals surface area contributed by atoms with Crippen molar-refractivity contribution in [2.45, 2.75) is 0 Å². The molecule has 0 bridgehead atoms. The molecule has 2 aromatic rings. The van der Waals surface area contributed by atoms with Crippen molar-refractivity contribution in [3.63, 3.8) is 0 Å². The average Bonchev–Trinajstić information content (AvgIpc) is 2.32. The highest BCUT2D eigenvalue weighted by molar-refractivity contribution is 5.78. The topological polar surface area (TPSA) is 34.5 Å². The van der Waals surface area contributed by atoms with Gasteiger partial charge in [-0.05, 0) is 11.6 Å². The average molecular weight is 198 g/mol. The van der Waals surface area contributed by atoms with Crippen LogP contribution in [0.2, 0.25) is 0 Å². The molecule has 0 fully saturated rings. The molecular weight excluding hydrogens is 188 g/mol. The van der Waals surface area contributed by atoms with Crippen LogP contribution in [0.15, 0.2) is 59.9 Å². The lowest BCUT2D eigenvalue weighted by atomic mass is 10.2. The number of hydrogen-bond donors (Lipinski definition) is 0. The van der Waals surface area contributed by atoms with E-state index in [2.05, 4.69) is 10.1 Å². The van der Waals surface area contributed by atoms with Gasteiger partial charge in [0.25, 0.3) is 0 Å². The summed E-state index contributed by atoms with van der Waals surface area (Å²) in [5.74, 6) is 0.490. The molecule has 0 saturated carbocycles. The molecule has 0 aliphatic carbocycles. The minimum atomic E-state index is 0.490. The normalized spacial score (nSPS) is 10.4. The van der Waals surface area contributed by atoms with Gasteiger partial charge in [-0.1, -0.05) is 41.6 Å². The van der Waals surface area contributed by atoms with Gasteiger partial charge in [-0.15, -0.1) is 0 Å². The summed E-state index contributed by atoms with van der Waals surface area (Å²) in [6.45, 7) is 0. The molecule has 74 valence electrons. The van der Waals surface area contributed by atoms with E-state index >= 15 is 0 Å². The third-order valence-corrected chi connectivity index (χ3v) is 1.79. The zero-order valence-electron chi connectivity index (χ0n) is 8.08. The highest BCUT2D eigenvalue weighted by Gasteiger charge is 1.89. The maximum Gasteiger partial charge on any atom is 0.248 e. The van der Waals surface area contributed by atoms with Gasteiger partial charge in [-0.2, -0.15) is 0 Å². The van der Waals surface area contributed by atoms with E-state index in [9.17, 15) is 0 Å². The van der Waals surface area contributed by atoms with Gasteiger partial charge in [0.05, 0.1) is 6.21 Å². The second-order valence-corrected chi connectivity index (χ2v) is 2.90. The summed E-state index contributed by atoms with van der Waals surface area (Å²) in [5.41, 5.74) is 0.994. The quantitative estimate of drug-likeness (QED) is 0.561. The zero-order chi connectivity index (χ0) is 10.3. The summed E-state index contributed by atoms with van der Waals surface area (Å²) in [6, 6.07) is 15.2. The molecule has 0 N–H and O–H groups in total. The van der Waals surface area contributed by atoms with Gasteiger partial charge in [0, 0.05) is 12.3 Å². The number of hydrogen-bond acceptors (Lipinski definition) is 3. The Morgan fingerprint density at radius 3 is 2.53 bits per heavy atom. The minimum absolute atomic E-state index is 0.490. The molecule has 0 atom stereocenters. The van der Waals surface area contributed by atoms with E-state index < -0.39 is 0 Å². The number of oxime groups is 1. The van der Waals surface area contributed by atoms with Gasteiger partial charge >= 0.3 is 0 Å². The first-order valence-corrected chi connectivity index (χ1v) is 4.61. The van der Waals surface area contributed by atoms with E-state index in [4.69, 9.17) is 4.84 Å². The lowest BCUT2D eigenvalue weighted by Crippen LogP contribution is -1.88. The van der Waals surface area contributed by atoms with E-state index in [0.29, 0.717) is 5.88 Å². The van der Waals surface area contributed by atoms with E-state index in [1.807, 2.05) is 42.5 Å². The van der Waals surface area contributed by atoms with Crippen LogP contribution in [-0.2, 0) is 0 Å². The first kappa shape index (κ1) is 9.40. The standard InChI is InChI=1S/C12H10N2O/c1-2-6-11(7-3-1)10-14-15-12-8-4-5-9-13-12/h1-10H. The van der Waals surface area contributed by atoms with Gasteiger partial charge in [-0.25, -0.2) is 4.98 Å². The molecule has 0 unspecified atom stereocenters. The molecular formula is C12H10N2O. The number of nitrogens with zero attached hydrogens (tertiary/aromatic N) is 2. The highest BCUT2D eigenvalue weighted by Crippen LogP contribution is 2.03. The third kappa shape index (κ3) is 2.91. The Morgan fingerprint density at radius 1 is 1.00 bits per heavy atom. The molecule has 0 radical (unpaired) electrons. The Morgan fingerprint density at radius 2 is 1.80 bits per heavy atom. The molecule has 0 saturated heterocycles. The van der Waals surface area contributed by atoms with Gasteiger partial charge in [0.1, 0.15) is 0 Å². The van der Waals surface area contributed by atoms with Crippen molar-refractivity contribution >= 4 is 6.21 Å². The Hall–Kier alpha value is -2.16. The van der Waals surface area contributed by atoms with Crippen molar-refractivity contribution in [2.75, 3.05) is 0 Å². The number of aromatic nitrogens is 1. The lowest BCUT2D eigenvalue weighted by Gasteiger charge is -1.95. The zero-order valence-corrected chi connectivity index (χ0v) is 8.08. The molecule has 0 amide bonds. The van der Waals surface area contributed by atoms with Crippen LogP contribution in [0.1, 0.15) is 5.56 Å². The Kier molecular flexibility index (Phi) is 3.07. The molecule has 1 aromatic heterocycles. The van der Waals surface area contributed by atoms with Gasteiger partial charge in [-0.3, -0.25) is 0 Å². The minimum Gasteiger partial charge on any atom is -0.337 e. The highest BCUT2D eigenvalue weighted by atomic mass is 16.6. The van der Waals surface area contributed by atoms with Crippen molar-refractivity contribution in [3.8, 4) is 5.88 Å². The van der Waals surface area contributed by atoms with Crippen molar-refractivity contribution < 1.29 is 4.84 Å². The molecule has 0 aliphatic rings. The molecule has 2 rings (SSSR count). The molecule has 0 aliphatic heterocycles. The van der Waals surface area contributed by atoms with E-state index in [1.165, 1.54) is 0 Å². The summed E-state index contributed by atoms with van der Waals surface area (Å²) < 4.78 is 0. The van der Waals surface area contributed by atoms with Crippen molar-refractivity contribution in [1.82, 2.24) is 4.98 Å². The van der Waals surface area contributed by atoms with Crippen LogP contribution in [0, 0.1) is 0 Å². The number of rotatable bonds is 3. The van der Waals surface area contributed by atoms with E-state index in [1.54, 1.807) is 18.5 Å². The summed E-state index contributed by atoms with van der Waals surface area (Å²) in [5, 5.41) is 3.82. The van der Waals surface area contributed by atoms with Crippen molar-refractivity contribution in [3.05, 3.63) is 60.3 Å². The fourth-order valence-corrected chi connectivity index (χ4v) is 1.08. The van der Waals surface area contributed by atoms with Gasteiger partial charge in [0.15, 0.2) is 0 Å². The van der Waals surface area contributed by atoms with Crippen LogP contribution in [0.25, 0.3) is 0 Å². The maximum absolute atomic E-state index is 5.07. The fourth-order valence-electron chi connectivity index (χ4n) is 1.08. The molecule has 1 aromatic carbocycles. The molecule has 3 heteroatoms. The Bertz CT molecular complexity index is 426. The largest absolute Gasteiger partial charge is 0.337 e. The molecule has 1 heterocycles. The monoisotopic (exact) mass is 198 g/mol. The second kappa shape index (κ2) is 4.91. The fraction of sp³-hybridized carbons (Fsp3) is 0. The Labute approximate surface area is 88.0 Å². The lowest BCUT2D eigenvalue weighted by molar-refractivity contribution is 0.330. The summed E-state index contributed by atoms with van der Waals surface area (Å²) in [7, 11) is 0. The van der Waals surface area contributed by atoms with Gasteiger partial charge < -0.3 is 4.84 Å². The van der Waals surface area contributed by atoms with Crippen molar-refractivity contribution in [2.24, 2.45) is 5.16 Å². The van der Waals surface area contributed by atoms with Crippen LogP contribution >= 0.6 is 0 Å². The number of pyridine rings is 1. The second-order valence-electron chi connectivity index (χ2n) is 2.90. The van der Waals surface area contributed by atoms with Crippen LogP contribution < -0.4 is 4.84 Å². The van der Waals surface area contributed by atoms with Crippen LogP contribution in [-0.4, -0.2) is 11.2 Å². The SMILES string of the molecule is C(=NOc1ccccn1)c1ccccc1. The molecule has 15 heavy (non-hydrogen) atoms. The van der Waals surface area contributed by atoms with Crippen LogP contribution in [0.4, 0.5) is 0 Å². The first-order valence-electron chi connectivity index (χ1n) is 4.61.